The van der Waals surface area contributed by atoms with E-state index in [9.17, 15) is 0 Å². The Morgan fingerprint density at radius 2 is 2.00 bits per heavy atom. The molecule has 0 aromatic heterocycles. The zero-order valence-corrected chi connectivity index (χ0v) is 16.0. The number of nitrogens with two attached hydrogens (primary N) is 1. The quantitative estimate of drug-likeness (QED) is 0.491. The second kappa shape index (κ2) is 6.35. The minimum absolute atomic E-state index is 0.182. The van der Waals surface area contributed by atoms with Gasteiger partial charge in [0.05, 0.1) is 5.70 Å². The third-order valence-corrected chi connectivity index (χ3v) is 4.74. The summed E-state index contributed by atoms with van der Waals surface area (Å²) in [6.07, 6.45) is 1.71. The van der Waals surface area contributed by atoms with E-state index >= 15 is 0 Å². The number of dihydropyridines is 1. The van der Waals surface area contributed by atoms with Gasteiger partial charge >= 0.3 is 0 Å². The predicted molar refractivity (Wildman–Crippen MR) is 104 cm³/mol. The van der Waals surface area contributed by atoms with E-state index in [2.05, 4.69) is 52.4 Å². The van der Waals surface area contributed by atoms with Crippen LogP contribution >= 0.6 is 27.5 Å². The smallest absolute Gasteiger partial charge is 0.150 e. The highest BCUT2D eigenvalue weighted by atomic mass is 79.9. The summed E-state index contributed by atoms with van der Waals surface area (Å²) in [5, 5.41) is 4.12. The van der Waals surface area contributed by atoms with Crippen LogP contribution in [0.15, 0.2) is 50.4 Å². The first-order valence-electron chi connectivity index (χ1n) is 7.58. The number of allylic oxidation sites excluding steroid dienone is 2. The van der Waals surface area contributed by atoms with E-state index in [0.717, 1.165) is 27.2 Å². The molecule has 7 heteroatoms. The van der Waals surface area contributed by atoms with Crippen molar-refractivity contribution in [2.45, 2.75) is 26.9 Å². The lowest BCUT2D eigenvalue weighted by molar-refractivity contribution is 0.568. The Morgan fingerprint density at radius 1 is 1.29 bits per heavy atom. The molecule has 1 unspecified atom stereocenters. The molecular weight excluding hydrogens is 390 g/mol. The molecule has 0 saturated carbocycles. The molecule has 1 aromatic carbocycles. The van der Waals surface area contributed by atoms with Crippen molar-refractivity contribution in [1.29, 1.82) is 0 Å². The van der Waals surface area contributed by atoms with Gasteiger partial charge in [-0.15, -0.1) is 0 Å². The van der Waals surface area contributed by atoms with Crippen LogP contribution in [0.4, 0.5) is 0 Å². The average Bonchev–Trinajstić information content (AvgIpc) is 2.53. The molecule has 0 spiro atoms. The van der Waals surface area contributed by atoms with Crippen molar-refractivity contribution in [3.8, 4) is 0 Å². The summed E-state index contributed by atoms with van der Waals surface area (Å²) in [7, 11) is 0. The topological polar surface area (TPSA) is 74.8 Å². The maximum absolute atomic E-state index is 6.35. The maximum atomic E-state index is 6.35. The minimum Gasteiger partial charge on any atom is -0.358 e. The van der Waals surface area contributed by atoms with Crippen LogP contribution in [0.1, 0.15) is 26.3 Å². The van der Waals surface area contributed by atoms with Crippen molar-refractivity contribution in [3.05, 3.63) is 51.0 Å². The van der Waals surface area contributed by atoms with Crippen LogP contribution in [0, 0.1) is 5.41 Å². The van der Waals surface area contributed by atoms with Crippen molar-refractivity contribution >= 4 is 44.9 Å². The highest BCUT2D eigenvalue weighted by Crippen LogP contribution is 2.34. The van der Waals surface area contributed by atoms with E-state index in [1.165, 1.54) is 0 Å². The average molecular weight is 409 g/mol. The fourth-order valence-electron chi connectivity index (χ4n) is 2.54. The second-order valence-corrected chi connectivity index (χ2v) is 7.92. The minimum atomic E-state index is -0.268. The van der Waals surface area contributed by atoms with Gasteiger partial charge in [0.1, 0.15) is 11.7 Å². The van der Waals surface area contributed by atoms with Crippen molar-refractivity contribution in [1.82, 2.24) is 10.7 Å². The molecule has 1 aromatic rings. The number of rotatable bonds is 1. The Kier molecular flexibility index (Phi) is 4.55. The summed E-state index contributed by atoms with van der Waals surface area (Å²) in [6, 6.07) is 7.70. The number of nitrogens with one attached hydrogen (secondary N) is 2. The van der Waals surface area contributed by atoms with Gasteiger partial charge < -0.3 is 10.7 Å². The second-order valence-electron chi connectivity index (χ2n) is 6.66. The fraction of sp³-hybridized carbons (Fsp3) is 0.294. The van der Waals surface area contributed by atoms with Crippen LogP contribution in [0.3, 0.4) is 0 Å². The Bertz CT molecular complexity index is 801. The molecule has 2 aliphatic heterocycles. The van der Waals surface area contributed by atoms with E-state index in [-0.39, 0.29) is 11.6 Å². The Morgan fingerprint density at radius 3 is 2.62 bits per heavy atom. The van der Waals surface area contributed by atoms with E-state index in [1.54, 1.807) is 0 Å². The zero-order chi connectivity index (χ0) is 17.5. The largest absolute Gasteiger partial charge is 0.358 e. The van der Waals surface area contributed by atoms with E-state index in [0.29, 0.717) is 10.9 Å². The number of halogens is 2. The molecule has 4 N–H and O–H groups in total. The summed E-state index contributed by atoms with van der Waals surface area (Å²) in [5.41, 5.74) is 5.19. The van der Waals surface area contributed by atoms with Gasteiger partial charge in [0, 0.05) is 26.1 Å². The Hall–Kier alpha value is -1.63. The first-order chi connectivity index (χ1) is 11.3. The monoisotopic (exact) mass is 407 g/mol. The van der Waals surface area contributed by atoms with Gasteiger partial charge in [-0.3, -0.25) is 0 Å². The van der Waals surface area contributed by atoms with Crippen molar-refractivity contribution in [2.75, 3.05) is 0 Å². The number of hydrazine groups is 1. The summed E-state index contributed by atoms with van der Waals surface area (Å²) in [6.45, 7) is 6.21. The van der Waals surface area contributed by atoms with Gasteiger partial charge in [-0.1, -0.05) is 50.6 Å². The van der Waals surface area contributed by atoms with Gasteiger partial charge in [0.25, 0.3) is 0 Å². The van der Waals surface area contributed by atoms with Gasteiger partial charge in [0.15, 0.2) is 6.17 Å². The molecule has 0 radical (unpaired) electrons. The molecule has 2 heterocycles. The predicted octanol–water partition coefficient (Wildman–Crippen LogP) is 3.58. The first-order valence-corrected chi connectivity index (χ1v) is 8.75. The molecule has 0 bridgehead atoms. The highest BCUT2D eigenvalue weighted by Gasteiger charge is 2.32. The summed E-state index contributed by atoms with van der Waals surface area (Å²) >= 11 is 9.96. The number of fused-ring (bicyclic) bond motifs is 1. The standard InChI is InChI=1S/C17H19BrClN5/c1-17(2,3)16-22-14-10(15(23-16)24-20)8-11(18)13(21-14)9-6-4-5-7-12(9)19/h4-8,14,21H,20H2,1-3H3,(H,22,23,24). The normalized spacial score (nSPS) is 20.6. The first kappa shape index (κ1) is 17.2. The maximum Gasteiger partial charge on any atom is 0.150 e. The molecule has 0 saturated heterocycles. The molecule has 0 aliphatic carbocycles. The van der Waals surface area contributed by atoms with Crippen LogP contribution in [0.5, 0.6) is 0 Å². The highest BCUT2D eigenvalue weighted by molar-refractivity contribution is 9.12. The van der Waals surface area contributed by atoms with Gasteiger partial charge in [-0.2, -0.15) is 0 Å². The molecule has 2 aliphatic rings. The number of hydrogen-bond acceptors (Lipinski definition) is 5. The van der Waals surface area contributed by atoms with E-state index in [4.69, 9.17) is 22.4 Å². The SMILES string of the molecule is CC(C)(C)C1=NC2NC(c3ccccc3Cl)=C(Br)C=C2C(NN)=N1. The Labute approximate surface area is 154 Å². The van der Waals surface area contributed by atoms with Gasteiger partial charge in [0.2, 0.25) is 0 Å². The van der Waals surface area contributed by atoms with Gasteiger partial charge in [-0.05, 0) is 28.1 Å². The van der Waals surface area contributed by atoms with Crippen molar-refractivity contribution in [3.63, 3.8) is 0 Å². The fourth-order valence-corrected chi connectivity index (χ4v) is 3.34. The molecule has 0 fully saturated rings. The van der Waals surface area contributed by atoms with Gasteiger partial charge in [-0.25, -0.2) is 15.8 Å². The van der Waals surface area contributed by atoms with Crippen LogP contribution in [-0.2, 0) is 0 Å². The zero-order valence-electron chi connectivity index (χ0n) is 13.7. The van der Waals surface area contributed by atoms with Crippen LogP contribution < -0.4 is 16.6 Å². The molecular formula is C17H19BrClN5. The lowest BCUT2D eigenvalue weighted by Gasteiger charge is -2.32. The van der Waals surface area contributed by atoms with Crippen LogP contribution in [0.25, 0.3) is 5.70 Å². The van der Waals surface area contributed by atoms with E-state index in [1.807, 2.05) is 30.3 Å². The molecule has 0 amide bonds. The van der Waals surface area contributed by atoms with Crippen molar-refractivity contribution < 1.29 is 0 Å². The van der Waals surface area contributed by atoms with Crippen molar-refractivity contribution in [2.24, 2.45) is 21.2 Å². The number of benzene rings is 1. The summed E-state index contributed by atoms with van der Waals surface area (Å²) < 4.78 is 0.874. The number of hydrogen-bond donors (Lipinski definition) is 3. The lowest BCUT2D eigenvalue weighted by Crippen LogP contribution is -2.45. The number of aliphatic imine (C=N–C) groups is 2. The molecule has 1 atom stereocenters. The molecule has 3 rings (SSSR count). The number of amidine groups is 2. The molecule has 5 nitrogen and oxygen atoms in total. The Balaban J connectivity index is 2.09. The van der Waals surface area contributed by atoms with E-state index < -0.39 is 0 Å². The summed E-state index contributed by atoms with van der Waals surface area (Å²) in [5.74, 6) is 7.03. The molecule has 126 valence electrons. The third kappa shape index (κ3) is 3.14. The molecule has 24 heavy (non-hydrogen) atoms. The number of nitrogens with zero attached hydrogens (tertiary/aromatic N) is 2. The third-order valence-electron chi connectivity index (χ3n) is 3.79. The summed E-state index contributed by atoms with van der Waals surface area (Å²) in [4.78, 5) is 9.33. The van der Waals surface area contributed by atoms with Crippen LogP contribution in [0.2, 0.25) is 5.02 Å². The van der Waals surface area contributed by atoms with Crippen LogP contribution in [-0.4, -0.2) is 17.8 Å². The lowest BCUT2D eigenvalue weighted by atomic mass is 9.93.